The number of halogens is 2. The summed E-state index contributed by atoms with van der Waals surface area (Å²) in [7, 11) is -2.77. The molecule has 10 heteroatoms. The number of sulfonamides is 1. The third-order valence-corrected chi connectivity index (χ3v) is 7.22. The molecule has 1 aliphatic heterocycles. The van der Waals surface area contributed by atoms with E-state index in [1.165, 1.54) is 25.3 Å². The van der Waals surface area contributed by atoms with Crippen LogP contribution in [0.1, 0.15) is 11.1 Å². The molecule has 1 fully saturated rings. The fourth-order valence-electron chi connectivity index (χ4n) is 3.35. The molecule has 160 valence electrons. The first-order valence-corrected chi connectivity index (χ1v) is 11.2. The van der Waals surface area contributed by atoms with Gasteiger partial charge >= 0.3 is 0 Å². The van der Waals surface area contributed by atoms with Crippen LogP contribution in [-0.4, -0.2) is 44.7 Å². The standard InChI is InChI=1S/C20H20Cl2N2O5S/c1-12-7-15(21)4-6-18(12)30(27,28)24-11-19(25)23-10-14(20(24)26)8-13-9-16(22)3-5-17(13)29-2/h3-7,9,14H,8,10-11H2,1-2H3,(H,23,25). The highest BCUT2D eigenvalue weighted by atomic mass is 35.5. The second kappa shape index (κ2) is 8.83. The van der Waals surface area contributed by atoms with E-state index in [1.54, 1.807) is 25.1 Å². The van der Waals surface area contributed by atoms with Gasteiger partial charge in [0.1, 0.15) is 12.3 Å². The minimum Gasteiger partial charge on any atom is -0.496 e. The molecule has 1 heterocycles. The molecule has 0 aliphatic carbocycles. The normalized spacial score (nSPS) is 17.5. The number of methoxy groups -OCH3 is 1. The Labute approximate surface area is 185 Å². The summed E-state index contributed by atoms with van der Waals surface area (Å²) in [5.74, 6) is -1.53. The highest BCUT2D eigenvalue weighted by Gasteiger charge is 2.38. The third-order valence-electron chi connectivity index (χ3n) is 4.84. The zero-order valence-corrected chi connectivity index (χ0v) is 18.6. The lowest BCUT2D eigenvalue weighted by Gasteiger charge is -2.24. The minimum absolute atomic E-state index is 0.00104. The average Bonchev–Trinajstić information content (AvgIpc) is 2.81. The second-order valence-corrected chi connectivity index (χ2v) is 9.62. The zero-order valence-electron chi connectivity index (χ0n) is 16.3. The van der Waals surface area contributed by atoms with Crippen molar-refractivity contribution >= 4 is 45.0 Å². The maximum Gasteiger partial charge on any atom is 0.267 e. The van der Waals surface area contributed by atoms with Crippen LogP contribution in [0.4, 0.5) is 0 Å². The van der Waals surface area contributed by atoms with E-state index < -0.39 is 34.3 Å². The van der Waals surface area contributed by atoms with Crippen LogP contribution < -0.4 is 10.1 Å². The molecule has 0 aromatic heterocycles. The number of benzene rings is 2. The first-order chi connectivity index (χ1) is 14.1. The number of rotatable bonds is 5. The first kappa shape index (κ1) is 22.4. The summed E-state index contributed by atoms with van der Waals surface area (Å²) in [5, 5.41) is 3.44. The SMILES string of the molecule is COc1ccc(Cl)cc1CC1CNC(=O)CN(S(=O)(=O)c2ccc(Cl)cc2C)C1=O. The van der Waals surface area contributed by atoms with Crippen molar-refractivity contribution in [2.24, 2.45) is 5.92 Å². The number of carbonyl (C=O) groups is 2. The summed E-state index contributed by atoms with van der Waals surface area (Å²) in [6, 6.07) is 9.23. The van der Waals surface area contributed by atoms with Crippen molar-refractivity contribution in [3.05, 3.63) is 57.6 Å². The van der Waals surface area contributed by atoms with Gasteiger partial charge in [0.2, 0.25) is 11.8 Å². The molecule has 0 bridgehead atoms. The lowest BCUT2D eigenvalue weighted by atomic mass is 9.98. The quantitative estimate of drug-likeness (QED) is 0.724. The van der Waals surface area contributed by atoms with Gasteiger partial charge in [-0.2, -0.15) is 0 Å². The van der Waals surface area contributed by atoms with Gasteiger partial charge in [-0.25, -0.2) is 12.7 Å². The molecular weight excluding hydrogens is 451 g/mol. The van der Waals surface area contributed by atoms with E-state index >= 15 is 0 Å². The van der Waals surface area contributed by atoms with E-state index in [9.17, 15) is 18.0 Å². The van der Waals surface area contributed by atoms with Gasteiger partial charge in [0.15, 0.2) is 0 Å². The monoisotopic (exact) mass is 470 g/mol. The van der Waals surface area contributed by atoms with Gasteiger partial charge in [-0.3, -0.25) is 9.59 Å². The van der Waals surface area contributed by atoms with Crippen LogP contribution in [0.25, 0.3) is 0 Å². The van der Waals surface area contributed by atoms with Crippen LogP contribution >= 0.6 is 23.2 Å². The zero-order chi connectivity index (χ0) is 22.1. The minimum atomic E-state index is -4.26. The summed E-state index contributed by atoms with van der Waals surface area (Å²) < 4.78 is 32.4. The number of aryl methyl sites for hydroxylation is 1. The van der Waals surface area contributed by atoms with Gasteiger partial charge in [-0.05, 0) is 60.9 Å². The number of nitrogens with zero attached hydrogens (tertiary/aromatic N) is 1. The van der Waals surface area contributed by atoms with E-state index in [4.69, 9.17) is 27.9 Å². The number of nitrogens with one attached hydrogen (secondary N) is 1. The van der Waals surface area contributed by atoms with Crippen LogP contribution in [-0.2, 0) is 26.0 Å². The largest absolute Gasteiger partial charge is 0.496 e. The number of carbonyl (C=O) groups excluding carboxylic acids is 2. The Bertz CT molecular complexity index is 1100. The van der Waals surface area contributed by atoms with Gasteiger partial charge in [0.05, 0.1) is 17.9 Å². The van der Waals surface area contributed by atoms with Crippen LogP contribution in [0.2, 0.25) is 10.0 Å². The molecule has 1 N–H and O–H groups in total. The third kappa shape index (κ3) is 4.55. The van der Waals surface area contributed by atoms with Crippen molar-refractivity contribution in [1.82, 2.24) is 9.62 Å². The molecule has 1 atom stereocenters. The summed E-state index contributed by atoms with van der Waals surface area (Å²) in [6.45, 7) is 0.987. The first-order valence-electron chi connectivity index (χ1n) is 9.05. The highest BCUT2D eigenvalue weighted by molar-refractivity contribution is 7.89. The van der Waals surface area contributed by atoms with Crippen molar-refractivity contribution in [1.29, 1.82) is 0 Å². The molecule has 1 saturated heterocycles. The van der Waals surface area contributed by atoms with Crippen molar-refractivity contribution in [3.63, 3.8) is 0 Å². The molecule has 7 nitrogen and oxygen atoms in total. The van der Waals surface area contributed by atoms with Gasteiger partial charge < -0.3 is 10.1 Å². The molecule has 0 saturated carbocycles. The molecule has 1 unspecified atom stereocenters. The lowest BCUT2D eigenvalue weighted by Crippen LogP contribution is -2.42. The molecule has 30 heavy (non-hydrogen) atoms. The van der Waals surface area contributed by atoms with Crippen LogP contribution in [0.3, 0.4) is 0 Å². The molecular formula is C20H20Cl2N2O5S. The number of amides is 2. The summed E-state index contributed by atoms with van der Waals surface area (Å²) in [6.07, 6.45) is 0.147. The fourth-order valence-corrected chi connectivity index (χ4v) is 5.39. The summed E-state index contributed by atoms with van der Waals surface area (Å²) in [5.41, 5.74) is 1.02. The van der Waals surface area contributed by atoms with E-state index in [-0.39, 0.29) is 17.9 Å². The highest BCUT2D eigenvalue weighted by Crippen LogP contribution is 2.29. The topological polar surface area (TPSA) is 92.8 Å². The van der Waals surface area contributed by atoms with Crippen molar-refractivity contribution in [2.75, 3.05) is 20.2 Å². The van der Waals surface area contributed by atoms with Crippen molar-refractivity contribution in [2.45, 2.75) is 18.2 Å². The predicted molar refractivity (Wildman–Crippen MR) is 113 cm³/mol. The summed E-state index contributed by atoms with van der Waals surface area (Å²) in [4.78, 5) is 25.4. The van der Waals surface area contributed by atoms with Crippen LogP contribution in [0, 0.1) is 12.8 Å². The maximum atomic E-state index is 13.2. The number of hydrogen-bond donors (Lipinski definition) is 1. The van der Waals surface area contributed by atoms with Crippen molar-refractivity contribution in [3.8, 4) is 5.75 Å². The van der Waals surface area contributed by atoms with Gasteiger partial charge in [0.25, 0.3) is 10.0 Å². The van der Waals surface area contributed by atoms with Crippen LogP contribution in [0.5, 0.6) is 5.75 Å². The van der Waals surface area contributed by atoms with E-state index in [0.717, 1.165) is 0 Å². The Balaban J connectivity index is 1.99. The molecule has 0 spiro atoms. The van der Waals surface area contributed by atoms with Crippen molar-refractivity contribution < 1.29 is 22.7 Å². The Morgan fingerprint density at radius 1 is 1.13 bits per heavy atom. The molecule has 2 aromatic rings. The fraction of sp³-hybridized carbons (Fsp3) is 0.300. The lowest BCUT2D eigenvalue weighted by molar-refractivity contribution is -0.131. The average molecular weight is 471 g/mol. The number of ether oxygens (including phenoxy) is 1. The molecule has 2 amide bonds. The Hall–Kier alpha value is -2.29. The Morgan fingerprint density at radius 2 is 1.80 bits per heavy atom. The summed E-state index contributed by atoms with van der Waals surface area (Å²) >= 11 is 12.0. The second-order valence-electron chi connectivity index (χ2n) is 6.92. The van der Waals surface area contributed by atoms with E-state index in [1.807, 2.05) is 0 Å². The molecule has 1 aliphatic rings. The van der Waals surface area contributed by atoms with Gasteiger partial charge in [-0.15, -0.1) is 0 Å². The van der Waals surface area contributed by atoms with Gasteiger partial charge in [-0.1, -0.05) is 23.2 Å². The predicted octanol–water partition coefficient (Wildman–Crippen LogP) is 2.82. The van der Waals surface area contributed by atoms with Crippen LogP contribution in [0.15, 0.2) is 41.3 Å². The molecule has 0 radical (unpaired) electrons. The smallest absolute Gasteiger partial charge is 0.267 e. The number of hydrogen-bond acceptors (Lipinski definition) is 5. The molecule has 2 aromatic carbocycles. The molecule has 3 rings (SSSR count). The van der Waals surface area contributed by atoms with E-state index in [0.29, 0.717) is 31.2 Å². The Morgan fingerprint density at radius 3 is 2.47 bits per heavy atom. The van der Waals surface area contributed by atoms with Gasteiger partial charge in [0, 0.05) is 16.6 Å². The van der Waals surface area contributed by atoms with E-state index in [2.05, 4.69) is 5.32 Å². The Kier molecular flexibility index (Phi) is 6.59. The maximum absolute atomic E-state index is 13.2.